The van der Waals surface area contributed by atoms with Gasteiger partial charge in [0.15, 0.2) is 0 Å². The number of carboxylic acids is 1. The molecule has 0 heterocycles. The molecular formula is C4H6FNO2. The topological polar surface area (TPSA) is 63.3 Å². The second-order valence-corrected chi connectivity index (χ2v) is 1.09. The molecule has 0 aliphatic heterocycles. The molecule has 0 aromatic heterocycles. The second kappa shape index (κ2) is 3.15. The molecule has 4 heteroatoms. The van der Waals surface area contributed by atoms with Gasteiger partial charge in [-0.25, -0.2) is 4.79 Å². The number of aliphatic carboxylic acids is 1. The largest absolute Gasteiger partial charge is 0.476 e. The third kappa shape index (κ3) is 2.30. The van der Waals surface area contributed by atoms with E-state index in [1.807, 2.05) is 0 Å². The summed E-state index contributed by atoms with van der Waals surface area (Å²) in [5, 5.41) is 7.81. The maximum absolute atomic E-state index is 11.7. The van der Waals surface area contributed by atoms with Crippen molar-refractivity contribution in [2.45, 2.75) is 0 Å². The zero-order valence-corrected chi connectivity index (χ0v) is 4.10. The minimum Gasteiger partial charge on any atom is -0.476 e. The Bertz CT molecular complexity index is 121. The molecule has 0 spiro atoms. The molecule has 0 aliphatic rings. The van der Waals surface area contributed by atoms with Crippen LogP contribution in [-0.4, -0.2) is 17.6 Å². The smallest absolute Gasteiger partial charge is 0.364 e. The first-order chi connectivity index (χ1) is 3.68. The Morgan fingerprint density at radius 1 is 1.88 bits per heavy atom. The van der Waals surface area contributed by atoms with Gasteiger partial charge in [-0.15, -0.1) is 0 Å². The Morgan fingerprint density at radius 3 is 2.50 bits per heavy atom. The summed E-state index contributed by atoms with van der Waals surface area (Å²) >= 11 is 0. The van der Waals surface area contributed by atoms with Crippen molar-refractivity contribution in [2.24, 2.45) is 5.73 Å². The lowest BCUT2D eigenvalue weighted by atomic mass is 10.5. The molecule has 0 amide bonds. The van der Waals surface area contributed by atoms with E-state index in [9.17, 15) is 9.18 Å². The van der Waals surface area contributed by atoms with E-state index in [1.165, 1.54) is 0 Å². The van der Waals surface area contributed by atoms with Gasteiger partial charge >= 0.3 is 5.97 Å². The summed E-state index contributed by atoms with van der Waals surface area (Å²) in [4.78, 5) is 9.59. The molecule has 0 radical (unpaired) electrons. The van der Waals surface area contributed by atoms with Gasteiger partial charge in [0.25, 0.3) is 0 Å². The van der Waals surface area contributed by atoms with Crippen LogP contribution in [0.15, 0.2) is 11.9 Å². The first-order valence-electron chi connectivity index (χ1n) is 1.97. The van der Waals surface area contributed by atoms with Crippen LogP contribution in [0.1, 0.15) is 0 Å². The van der Waals surface area contributed by atoms with Crippen LogP contribution in [0.3, 0.4) is 0 Å². The van der Waals surface area contributed by atoms with Gasteiger partial charge in [0, 0.05) is 6.54 Å². The average Bonchev–Trinajstić information content (AvgIpc) is 1.67. The number of halogens is 1. The molecule has 8 heavy (non-hydrogen) atoms. The predicted octanol–water partition coefficient (Wildman–Crippen LogP) is -0.117. The highest BCUT2D eigenvalue weighted by atomic mass is 19.1. The fraction of sp³-hybridized carbons (Fsp3) is 0.250. The van der Waals surface area contributed by atoms with Crippen LogP contribution in [0.25, 0.3) is 0 Å². The van der Waals surface area contributed by atoms with E-state index >= 15 is 0 Å². The van der Waals surface area contributed by atoms with Crippen molar-refractivity contribution >= 4 is 5.97 Å². The lowest BCUT2D eigenvalue weighted by Gasteiger charge is -1.82. The lowest BCUT2D eigenvalue weighted by Crippen LogP contribution is -2.00. The van der Waals surface area contributed by atoms with E-state index in [4.69, 9.17) is 10.8 Å². The van der Waals surface area contributed by atoms with Gasteiger partial charge in [-0.05, 0) is 6.08 Å². The SMILES string of the molecule is NC/C=C(\F)C(=O)O. The van der Waals surface area contributed by atoms with Gasteiger partial charge < -0.3 is 10.8 Å². The van der Waals surface area contributed by atoms with Crippen LogP contribution in [0.5, 0.6) is 0 Å². The highest BCUT2D eigenvalue weighted by Crippen LogP contribution is 1.92. The minimum atomic E-state index is -1.57. The highest BCUT2D eigenvalue weighted by molar-refractivity contribution is 5.83. The van der Waals surface area contributed by atoms with Crippen LogP contribution in [0, 0.1) is 0 Å². The van der Waals surface area contributed by atoms with Crippen LogP contribution < -0.4 is 5.73 Å². The Balaban J connectivity index is 3.80. The number of hydrogen-bond donors (Lipinski definition) is 2. The summed E-state index contributed by atoms with van der Waals surface area (Å²) in [6.45, 7) is -0.0852. The van der Waals surface area contributed by atoms with Crippen molar-refractivity contribution in [3.05, 3.63) is 11.9 Å². The highest BCUT2D eigenvalue weighted by Gasteiger charge is 2.01. The number of hydrogen-bond acceptors (Lipinski definition) is 2. The monoisotopic (exact) mass is 119 g/mol. The Hall–Kier alpha value is -0.900. The van der Waals surface area contributed by atoms with Gasteiger partial charge in [-0.1, -0.05) is 0 Å². The molecule has 0 bridgehead atoms. The lowest BCUT2D eigenvalue weighted by molar-refractivity contribution is -0.134. The van der Waals surface area contributed by atoms with E-state index in [0.717, 1.165) is 6.08 Å². The van der Waals surface area contributed by atoms with Crippen molar-refractivity contribution in [1.82, 2.24) is 0 Å². The number of rotatable bonds is 2. The summed E-state index contributed by atoms with van der Waals surface area (Å²) < 4.78 is 11.7. The van der Waals surface area contributed by atoms with Crippen molar-refractivity contribution in [1.29, 1.82) is 0 Å². The Morgan fingerprint density at radius 2 is 2.38 bits per heavy atom. The number of carbonyl (C=O) groups is 1. The Kier molecular flexibility index (Phi) is 2.79. The molecule has 0 rings (SSSR count). The van der Waals surface area contributed by atoms with Gasteiger partial charge in [-0.3, -0.25) is 0 Å². The molecule has 0 atom stereocenters. The third-order valence-corrected chi connectivity index (χ3v) is 0.501. The van der Waals surface area contributed by atoms with Crippen LogP contribution >= 0.6 is 0 Å². The first kappa shape index (κ1) is 7.10. The third-order valence-electron chi connectivity index (χ3n) is 0.501. The summed E-state index contributed by atoms with van der Waals surface area (Å²) in [6, 6.07) is 0. The van der Waals surface area contributed by atoms with E-state index in [-0.39, 0.29) is 6.54 Å². The van der Waals surface area contributed by atoms with E-state index in [1.54, 1.807) is 0 Å². The zero-order chi connectivity index (χ0) is 6.57. The van der Waals surface area contributed by atoms with Crippen LogP contribution in [0.4, 0.5) is 4.39 Å². The first-order valence-corrected chi connectivity index (χ1v) is 1.97. The van der Waals surface area contributed by atoms with Crippen LogP contribution in [-0.2, 0) is 4.79 Å². The van der Waals surface area contributed by atoms with Crippen molar-refractivity contribution in [3.8, 4) is 0 Å². The maximum Gasteiger partial charge on any atom is 0.364 e. The summed E-state index contributed by atoms with van der Waals surface area (Å²) in [7, 11) is 0. The van der Waals surface area contributed by atoms with Crippen molar-refractivity contribution < 1.29 is 14.3 Å². The normalized spacial score (nSPS) is 11.5. The molecule has 3 nitrogen and oxygen atoms in total. The van der Waals surface area contributed by atoms with Crippen molar-refractivity contribution in [2.75, 3.05) is 6.54 Å². The molecular weight excluding hydrogens is 113 g/mol. The van der Waals surface area contributed by atoms with Gasteiger partial charge in [0.2, 0.25) is 5.83 Å². The molecule has 0 saturated heterocycles. The Labute approximate surface area is 45.6 Å². The molecule has 0 saturated carbocycles. The molecule has 0 fully saturated rings. The summed E-state index contributed by atoms with van der Waals surface area (Å²) in [5.74, 6) is -2.78. The zero-order valence-electron chi connectivity index (χ0n) is 4.10. The fourth-order valence-corrected chi connectivity index (χ4v) is 0.191. The molecule has 0 aliphatic carbocycles. The fourth-order valence-electron chi connectivity index (χ4n) is 0.191. The summed E-state index contributed by atoms with van der Waals surface area (Å²) in [5.41, 5.74) is 4.79. The maximum atomic E-state index is 11.7. The average molecular weight is 119 g/mol. The van der Waals surface area contributed by atoms with E-state index in [0.29, 0.717) is 0 Å². The summed E-state index contributed by atoms with van der Waals surface area (Å²) in [6.07, 6.45) is 0.794. The van der Waals surface area contributed by atoms with E-state index < -0.39 is 11.8 Å². The molecule has 3 N–H and O–H groups in total. The van der Waals surface area contributed by atoms with Crippen LogP contribution in [0.2, 0.25) is 0 Å². The molecule has 0 unspecified atom stereocenters. The minimum absolute atomic E-state index is 0.0852. The molecule has 46 valence electrons. The predicted molar refractivity (Wildman–Crippen MR) is 25.9 cm³/mol. The van der Waals surface area contributed by atoms with E-state index in [2.05, 4.69) is 0 Å². The van der Waals surface area contributed by atoms with Gasteiger partial charge in [-0.2, -0.15) is 4.39 Å². The molecule has 0 aromatic carbocycles. The molecule has 0 aromatic rings. The second-order valence-electron chi connectivity index (χ2n) is 1.09. The van der Waals surface area contributed by atoms with Crippen molar-refractivity contribution in [3.63, 3.8) is 0 Å². The van der Waals surface area contributed by atoms with Gasteiger partial charge in [0.1, 0.15) is 0 Å². The quantitative estimate of drug-likeness (QED) is 0.498. The number of nitrogens with two attached hydrogens (primary N) is 1. The standard InChI is InChI=1S/C4H6FNO2/c5-3(1-2-6)4(7)8/h1H,2,6H2,(H,7,8)/b3-1-. The van der Waals surface area contributed by atoms with Gasteiger partial charge in [0.05, 0.1) is 0 Å². The number of carboxylic acid groups (broad SMARTS) is 1.